The van der Waals surface area contributed by atoms with Crippen LogP contribution >= 0.6 is 0 Å². The zero-order valence-electron chi connectivity index (χ0n) is 16.1. The van der Waals surface area contributed by atoms with E-state index in [2.05, 4.69) is 0 Å². The standard InChI is InChI=1S/C20H35NO4/c1-19(2,3)25-18(22)21-16-11-20(23,12-17(21)14-24-13-16)10-9-15-7-5-4-6-8-15/h15-17,23H,4-14H2,1-3H3. The molecule has 0 spiro atoms. The predicted molar refractivity (Wildman–Crippen MR) is 96.5 cm³/mol. The molecule has 2 bridgehead atoms. The highest BCUT2D eigenvalue weighted by molar-refractivity contribution is 5.69. The highest BCUT2D eigenvalue weighted by Crippen LogP contribution is 2.40. The molecule has 0 aromatic heterocycles. The molecule has 5 heteroatoms. The van der Waals surface area contributed by atoms with Gasteiger partial charge in [-0.25, -0.2) is 4.79 Å². The summed E-state index contributed by atoms with van der Waals surface area (Å²) in [6, 6.07) is -0.141. The summed E-state index contributed by atoms with van der Waals surface area (Å²) in [6.07, 6.45) is 9.60. The molecule has 1 saturated carbocycles. The molecular weight excluding hydrogens is 318 g/mol. The summed E-state index contributed by atoms with van der Waals surface area (Å²) in [5, 5.41) is 11.2. The third kappa shape index (κ3) is 4.88. The minimum Gasteiger partial charge on any atom is -0.444 e. The molecule has 0 aromatic rings. The topological polar surface area (TPSA) is 59.0 Å². The van der Waals surface area contributed by atoms with Crippen LogP contribution in [0, 0.1) is 5.92 Å². The molecule has 0 radical (unpaired) electrons. The van der Waals surface area contributed by atoms with Gasteiger partial charge in [-0.15, -0.1) is 0 Å². The van der Waals surface area contributed by atoms with Crippen molar-refractivity contribution in [3.63, 3.8) is 0 Å². The molecule has 2 heterocycles. The third-order valence-electron chi connectivity index (χ3n) is 5.99. The van der Waals surface area contributed by atoms with Gasteiger partial charge in [0.15, 0.2) is 0 Å². The zero-order chi connectivity index (χ0) is 18.1. The second kappa shape index (κ2) is 7.43. The van der Waals surface area contributed by atoms with Crippen molar-refractivity contribution in [2.75, 3.05) is 13.2 Å². The Morgan fingerprint density at radius 1 is 1.16 bits per heavy atom. The number of carbonyl (C=O) groups excluding carboxylic acids is 1. The number of aliphatic hydroxyl groups is 1. The maximum atomic E-state index is 12.6. The van der Waals surface area contributed by atoms with Crippen LogP contribution in [0.3, 0.4) is 0 Å². The van der Waals surface area contributed by atoms with E-state index in [-0.39, 0.29) is 18.2 Å². The van der Waals surface area contributed by atoms with Crippen LogP contribution in [0.15, 0.2) is 0 Å². The molecule has 2 aliphatic heterocycles. The van der Waals surface area contributed by atoms with Crippen molar-refractivity contribution >= 4 is 6.09 Å². The van der Waals surface area contributed by atoms with Crippen LogP contribution in [-0.2, 0) is 9.47 Å². The Balaban J connectivity index is 1.60. The normalized spacial score (nSPS) is 34.0. The van der Waals surface area contributed by atoms with E-state index in [9.17, 15) is 9.90 Å². The Labute approximate surface area is 152 Å². The van der Waals surface area contributed by atoms with E-state index in [0.717, 1.165) is 18.8 Å². The van der Waals surface area contributed by atoms with Gasteiger partial charge in [0.2, 0.25) is 0 Å². The predicted octanol–water partition coefficient (Wildman–Crippen LogP) is 3.88. The van der Waals surface area contributed by atoms with Crippen LogP contribution in [-0.4, -0.2) is 52.6 Å². The van der Waals surface area contributed by atoms with Crippen LogP contribution in [0.25, 0.3) is 0 Å². The number of morpholine rings is 1. The van der Waals surface area contributed by atoms with Crippen LogP contribution in [0.5, 0.6) is 0 Å². The molecule has 5 nitrogen and oxygen atoms in total. The van der Waals surface area contributed by atoms with E-state index in [1.54, 1.807) is 0 Å². The number of rotatable bonds is 3. The number of fused-ring (bicyclic) bond motifs is 2. The molecule has 2 atom stereocenters. The highest BCUT2D eigenvalue weighted by Gasteiger charge is 2.49. The number of piperidine rings is 1. The van der Waals surface area contributed by atoms with Crippen molar-refractivity contribution in [2.45, 2.75) is 102 Å². The first kappa shape index (κ1) is 19.0. The van der Waals surface area contributed by atoms with Crippen LogP contribution in [0.2, 0.25) is 0 Å². The number of hydrogen-bond acceptors (Lipinski definition) is 4. The quantitative estimate of drug-likeness (QED) is 0.836. The van der Waals surface area contributed by atoms with E-state index in [1.165, 1.54) is 32.1 Å². The zero-order valence-corrected chi connectivity index (χ0v) is 16.1. The van der Waals surface area contributed by atoms with Gasteiger partial charge in [-0.1, -0.05) is 32.1 Å². The maximum Gasteiger partial charge on any atom is 0.410 e. The Morgan fingerprint density at radius 3 is 2.32 bits per heavy atom. The van der Waals surface area contributed by atoms with E-state index >= 15 is 0 Å². The molecular formula is C20H35NO4. The first-order valence-electron chi connectivity index (χ1n) is 10.1. The lowest BCUT2D eigenvalue weighted by atomic mass is 9.75. The van der Waals surface area contributed by atoms with Crippen LogP contribution < -0.4 is 0 Å². The summed E-state index contributed by atoms with van der Waals surface area (Å²) in [7, 11) is 0. The SMILES string of the molecule is CC(C)(C)OC(=O)N1C2COCC1CC(O)(CCC1CCCCC1)C2. The summed E-state index contributed by atoms with van der Waals surface area (Å²) < 4.78 is 11.3. The number of carbonyl (C=O) groups is 1. The molecule has 2 unspecified atom stereocenters. The fourth-order valence-corrected chi connectivity index (χ4v) is 4.84. The number of nitrogens with zero attached hydrogens (tertiary/aromatic N) is 1. The average molecular weight is 354 g/mol. The van der Waals surface area contributed by atoms with Crippen molar-refractivity contribution in [2.24, 2.45) is 5.92 Å². The lowest BCUT2D eigenvalue weighted by Gasteiger charge is -2.51. The Hall–Kier alpha value is -0.810. The van der Waals surface area contributed by atoms with Crippen molar-refractivity contribution in [3.8, 4) is 0 Å². The highest BCUT2D eigenvalue weighted by atomic mass is 16.6. The van der Waals surface area contributed by atoms with Gasteiger partial charge in [0.25, 0.3) is 0 Å². The second-order valence-corrected chi connectivity index (χ2v) is 9.41. The molecule has 25 heavy (non-hydrogen) atoms. The average Bonchev–Trinajstić information content (AvgIpc) is 2.51. The van der Waals surface area contributed by atoms with Crippen LogP contribution in [0.4, 0.5) is 4.79 Å². The second-order valence-electron chi connectivity index (χ2n) is 9.41. The minimum absolute atomic E-state index is 0.0706. The monoisotopic (exact) mass is 353 g/mol. The Kier molecular flexibility index (Phi) is 5.64. The molecule has 2 saturated heterocycles. The van der Waals surface area contributed by atoms with Gasteiger partial charge in [-0.3, -0.25) is 4.90 Å². The van der Waals surface area contributed by atoms with E-state index in [1.807, 2.05) is 25.7 Å². The third-order valence-corrected chi connectivity index (χ3v) is 5.99. The molecule has 144 valence electrons. The van der Waals surface area contributed by atoms with E-state index in [4.69, 9.17) is 9.47 Å². The van der Waals surface area contributed by atoms with Crippen molar-refractivity contribution < 1.29 is 19.4 Å². The van der Waals surface area contributed by atoms with Gasteiger partial charge in [0.1, 0.15) is 5.60 Å². The molecule has 1 N–H and O–H groups in total. The van der Waals surface area contributed by atoms with Crippen molar-refractivity contribution in [3.05, 3.63) is 0 Å². The largest absolute Gasteiger partial charge is 0.444 e. The van der Waals surface area contributed by atoms with Crippen molar-refractivity contribution in [1.29, 1.82) is 0 Å². The number of hydrogen-bond donors (Lipinski definition) is 1. The van der Waals surface area contributed by atoms with Crippen LogP contribution in [0.1, 0.15) is 78.6 Å². The Bertz CT molecular complexity index is 453. The van der Waals surface area contributed by atoms with Crippen molar-refractivity contribution in [1.82, 2.24) is 4.90 Å². The molecule has 1 aliphatic carbocycles. The summed E-state index contributed by atoms with van der Waals surface area (Å²) >= 11 is 0. The minimum atomic E-state index is -0.658. The molecule has 3 fully saturated rings. The smallest absolute Gasteiger partial charge is 0.410 e. The fourth-order valence-electron chi connectivity index (χ4n) is 4.84. The lowest BCUT2D eigenvalue weighted by molar-refractivity contribution is -0.141. The van der Waals surface area contributed by atoms with Gasteiger partial charge in [-0.2, -0.15) is 0 Å². The maximum absolute atomic E-state index is 12.6. The summed E-state index contributed by atoms with van der Waals surface area (Å²) in [6.45, 7) is 6.67. The van der Waals surface area contributed by atoms with Gasteiger partial charge < -0.3 is 14.6 Å². The lowest BCUT2D eigenvalue weighted by Crippen LogP contribution is -2.64. The van der Waals surface area contributed by atoms with Gasteiger partial charge >= 0.3 is 6.09 Å². The van der Waals surface area contributed by atoms with E-state index < -0.39 is 11.2 Å². The van der Waals surface area contributed by atoms with Gasteiger partial charge in [-0.05, 0) is 52.4 Å². The molecule has 1 amide bonds. The summed E-state index contributed by atoms with van der Waals surface area (Å²) in [5.74, 6) is 0.776. The number of amides is 1. The first-order valence-corrected chi connectivity index (χ1v) is 10.1. The summed E-state index contributed by atoms with van der Waals surface area (Å²) in [4.78, 5) is 14.4. The van der Waals surface area contributed by atoms with Gasteiger partial charge in [0.05, 0.1) is 30.9 Å². The molecule has 3 rings (SSSR count). The summed E-state index contributed by atoms with van der Waals surface area (Å²) in [5.41, 5.74) is -1.16. The first-order chi connectivity index (χ1) is 11.8. The van der Waals surface area contributed by atoms with E-state index in [0.29, 0.717) is 26.1 Å². The Morgan fingerprint density at radius 2 is 1.76 bits per heavy atom. The molecule has 3 aliphatic rings. The fraction of sp³-hybridized carbons (Fsp3) is 0.950. The van der Waals surface area contributed by atoms with Gasteiger partial charge in [0, 0.05) is 0 Å². The number of ether oxygens (including phenoxy) is 2. The molecule has 0 aromatic carbocycles.